The first-order chi connectivity index (χ1) is 12.0. The number of rotatable bonds is 4. The summed E-state index contributed by atoms with van der Waals surface area (Å²) in [5.74, 6) is -0.0164. The van der Waals surface area contributed by atoms with E-state index in [1.54, 1.807) is 42.5 Å². The maximum Gasteiger partial charge on any atom is 0.258 e. The Balaban J connectivity index is 1.70. The molecule has 0 spiro atoms. The number of carbonyl (C=O) groups is 1. The fourth-order valence-corrected chi connectivity index (χ4v) is 2.75. The molecule has 2 aromatic carbocycles. The van der Waals surface area contributed by atoms with Crippen LogP contribution in [-0.2, 0) is 0 Å². The second-order valence-corrected chi connectivity index (χ2v) is 6.35. The molecule has 1 heterocycles. The van der Waals surface area contributed by atoms with Crippen molar-refractivity contribution in [1.29, 1.82) is 0 Å². The molecule has 0 unspecified atom stereocenters. The Morgan fingerprint density at radius 2 is 1.48 bits per heavy atom. The highest BCUT2D eigenvalue weighted by atomic mass is 35.5. The van der Waals surface area contributed by atoms with Crippen LogP contribution in [0, 0.1) is 0 Å². The highest BCUT2D eigenvalue weighted by Gasteiger charge is 2.08. The van der Waals surface area contributed by atoms with E-state index in [0.717, 1.165) is 0 Å². The highest BCUT2D eigenvalue weighted by molar-refractivity contribution is 6.35. The minimum atomic E-state index is -0.334. The maximum absolute atomic E-state index is 12.2. The minimum absolute atomic E-state index is 0.314. The molecule has 126 valence electrons. The standard InChI is InChI=1S/C17H11Cl3N4O/c18-11-2-1-3-14(5-11)23-16(25)10-8-21-17(22-9-10)24-15-6-12(19)4-13(20)7-15/h1-9H,(H,23,25)(H,21,22,24). The van der Waals surface area contributed by atoms with Crippen molar-refractivity contribution in [2.75, 3.05) is 10.6 Å². The third kappa shape index (κ3) is 4.82. The number of carbonyl (C=O) groups excluding carboxylic acids is 1. The lowest BCUT2D eigenvalue weighted by atomic mass is 10.3. The van der Waals surface area contributed by atoms with Gasteiger partial charge in [-0.2, -0.15) is 0 Å². The topological polar surface area (TPSA) is 66.9 Å². The van der Waals surface area contributed by atoms with Gasteiger partial charge < -0.3 is 10.6 Å². The van der Waals surface area contributed by atoms with E-state index in [-0.39, 0.29) is 5.91 Å². The van der Waals surface area contributed by atoms with Crippen molar-refractivity contribution in [2.45, 2.75) is 0 Å². The number of aromatic nitrogens is 2. The third-order valence-corrected chi connectivity index (χ3v) is 3.79. The molecule has 0 radical (unpaired) electrons. The lowest BCUT2D eigenvalue weighted by Crippen LogP contribution is -2.13. The molecule has 0 aliphatic rings. The van der Waals surface area contributed by atoms with Gasteiger partial charge in [0.25, 0.3) is 5.91 Å². The first-order valence-electron chi connectivity index (χ1n) is 7.12. The molecular weight excluding hydrogens is 383 g/mol. The number of nitrogens with zero attached hydrogens (tertiary/aromatic N) is 2. The number of benzene rings is 2. The Labute approximate surface area is 159 Å². The second kappa shape index (κ2) is 7.70. The van der Waals surface area contributed by atoms with Gasteiger partial charge in [-0.25, -0.2) is 9.97 Å². The minimum Gasteiger partial charge on any atom is -0.324 e. The zero-order chi connectivity index (χ0) is 17.8. The van der Waals surface area contributed by atoms with E-state index >= 15 is 0 Å². The van der Waals surface area contributed by atoms with Gasteiger partial charge in [-0.05, 0) is 36.4 Å². The van der Waals surface area contributed by atoms with Gasteiger partial charge in [0, 0.05) is 38.8 Å². The van der Waals surface area contributed by atoms with Crippen LogP contribution in [0.25, 0.3) is 0 Å². The second-order valence-electron chi connectivity index (χ2n) is 5.04. The van der Waals surface area contributed by atoms with Crippen LogP contribution in [0.3, 0.4) is 0 Å². The molecule has 0 saturated heterocycles. The van der Waals surface area contributed by atoms with Crippen molar-refractivity contribution in [1.82, 2.24) is 9.97 Å². The molecule has 8 heteroatoms. The van der Waals surface area contributed by atoms with Gasteiger partial charge in [-0.15, -0.1) is 0 Å². The first-order valence-corrected chi connectivity index (χ1v) is 8.25. The Kier molecular flexibility index (Phi) is 5.38. The largest absolute Gasteiger partial charge is 0.324 e. The van der Waals surface area contributed by atoms with Crippen LogP contribution in [0.5, 0.6) is 0 Å². The van der Waals surface area contributed by atoms with Crippen LogP contribution in [0.15, 0.2) is 54.9 Å². The number of anilines is 3. The fourth-order valence-electron chi connectivity index (χ4n) is 2.03. The summed E-state index contributed by atoms with van der Waals surface area (Å²) < 4.78 is 0. The Bertz CT molecular complexity index is 896. The highest BCUT2D eigenvalue weighted by Crippen LogP contribution is 2.24. The SMILES string of the molecule is O=C(Nc1cccc(Cl)c1)c1cnc(Nc2cc(Cl)cc(Cl)c2)nc1. The van der Waals surface area contributed by atoms with Crippen LogP contribution in [0.2, 0.25) is 15.1 Å². The van der Waals surface area contributed by atoms with E-state index in [9.17, 15) is 4.79 Å². The summed E-state index contributed by atoms with van der Waals surface area (Å²) in [4.78, 5) is 20.4. The van der Waals surface area contributed by atoms with Gasteiger partial charge in [0.2, 0.25) is 5.95 Å². The molecule has 1 amide bonds. The normalized spacial score (nSPS) is 10.4. The van der Waals surface area contributed by atoms with E-state index in [2.05, 4.69) is 20.6 Å². The van der Waals surface area contributed by atoms with Crippen molar-refractivity contribution in [3.63, 3.8) is 0 Å². The van der Waals surface area contributed by atoms with E-state index < -0.39 is 0 Å². The predicted octanol–water partition coefficient (Wildman–Crippen LogP) is 5.43. The van der Waals surface area contributed by atoms with Crippen molar-refractivity contribution < 1.29 is 4.79 Å². The Hall–Kier alpha value is -2.34. The average Bonchev–Trinajstić information content (AvgIpc) is 2.54. The van der Waals surface area contributed by atoms with Gasteiger partial charge >= 0.3 is 0 Å². The van der Waals surface area contributed by atoms with E-state index in [1.165, 1.54) is 12.4 Å². The Morgan fingerprint density at radius 1 is 0.840 bits per heavy atom. The third-order valence-electron chi connectivity index (χ3n) is 3.12. The van der Waals surface area contributed by atoms with Gasteiger partial charge in [-0.3, -0.25) is 4.79 Å². The number of hydrogen-bond acceptors (Lipinski definition) is 4. The van der Waals surface area contributed by atoms with Crippen LogP contribution in [-0.4, -0.2) is 15.9 Å². The van der Waals surface area contributed by atoms with E-state index in [0.29, 0.717) is 38.0 Å². The van der Waals surface area contributed by atoms with Gasteiger partial charge in [0.05, 0.1) is 5.56 Å². The molecule has 5 nitrogen and oxygen atoms in total. The molecule has 3 rings (SSSR count). The Morgan fingerprint density at radius 3 is 2.12 bits per heavy atom. The van der Waals surface area contributed by atoms with Crippen LogP contribution < -0.4 is 10.6 Å². The summed E-state index contributed by atoms with van der Waals surface area (Å²) in [6.45, 7) is 0. The van der Waals surface area contributed by atoms with Gasteiger partial charge in [0.15, 0.2) is 0 Å². The molecule has 1 aromatic heterocycles. The molecule has 0 fully saturated rings. The lowest BCUT2D eigenvalue weighted by molar-refractivity contribution is 0.102. The van der Waals surface area contributed by atoms with Gasteiger partial charge in [0.1, 0.15) is 0 Å². The van der Waals surface area contributed by atoms with E-state index in [1.807, 2.05) is 0 Å². The zero-order valence-corrected chi connectivity index (χ0v) is 14.9. The fraction of sp³-hybridized carbons (Fsp3) is 0. The summed E-state index contributed by atoms with van der Waals surface area (Å²) in [6.07, 6.45) is 2.84. The van der Waals surface area contributed by atoms with Crippen LogP contribution >= 0.6 is 34.8 Å². The number of halogens is 3. The summed E-state index contributed by atoms with van der Waals surface area (Å²) >= 11 is 17.8. The maximum atomic E-state index is 12.2. The number of hydrogen-bond donors (Lipinski definition) is 2. The smallest absolute Gasteiger partial charge is 0.258 e. The molecule has 0 aliphatic heterocycles. The lowest BCUT2D eigenvalue weighted by Gasteiger charge is -2.07. The van der Waals surface area contributed by atoms with Crippen molar-refractivity contribution in [3.8, 4) is 0 Å². The predicted molar refractivity (Wildman–Crippen MR) is 101 cm³/mol. The van der Waals surface area contributed by atoms with Crippen molar-refractivity contribution in [3.05, 3.63) is 75.5 Å². The molecule has 2 N–H and O–H groups in total. The molecule has 25 heavy (non-hydrogen) atoms. The summed E-state index contributed by atoms with van der Waals surface area (Å²) in [5, 5.41) is 7.22. The summed E-state index contributed by atoms with van der Waals surface area (Å²) in [5.41, 5.74) is 1.55. The number of nitrogens with one attached hydrogen (secondary N) is 2. The number of amides is 1. The summed E-state index contributed by atoms with van der Waals surface area (Å²) in [6, 6.07) is 11.9. The first kappa shape index (κ1) is 17.5. The summed E-state index contributed by atoms with van der Waals surface area (Å²) in [7, 11) is 0. The molecule has 0 saturated carbocycles. The van der Waals surface area contributed by atoms with Crippen molar-refractivity contribution in [2.24, 2.45) is 0 Å². The molecule has 0 bridgehead atoms. The zero-order valence-electron chi connectivity index (χ0n) is 12.6. The van der Waals surface area contributed by atoms with Crippen LogP contribution in [0.4, 0.5) is 17.3 Å². The molecule has 0 atom stereocenters. The van der Waals surface area contributed by atoms with Gasteiger partial charge in [-0.1, -0.05) is 40.9 Å². The monoisotopic (exact) mass is 392 g/mol. The van der Waals surface area contributed by atoms with E-state index in [4.69, 9.17) is 34.8 Å². The molecular formula is C17H11Cl3N4O. The molecule has 0 aliphatic carbocycles. The molecule has 3 aromatic rings. The van der Waals surface area contributed by atoms with Crippen molar-refractivity contribution >= 4 is 58.0 Å². The van der Waals surface area contributed by atoms with Crippen LogP contribution in [0.1, 0.15) is 10.4 Å². The quantitative estimate of drug-likeness (QED) is 0.620. The average molecular weight is 394 g/mol.